The molecular formula is C23H29N3O7. The van der Waals surface area contributed by atoms with Crippen LogP contribution in [0.2, 0.25) is 0 Å². The molecule has 1 atom stereocenters. The number of amides is 2. The van der Waals surface area contributed by atoms with Crippen LogP contribution >= 0.6 is 0 Å². The summed E-state index contributed by atoms with van der Waals surface area (Å²) < 4.78 is 15.9. The fourth-order valence-electron chi connectivity index (χ4n) is 3.31. The van der Waals surface area contributed by atoms with Crippen LogP contribution < -0.4 is 19.5 Å². The van der Waals surface area contributed by atoms with Gasteiger partial charge in [-0.05, 0) is 37.1 Å². The van der Waals surface area contributed by atoms with E-state index >= 15 is 0 Å². The van der Waals surface area contributed by atoms with Gasteiger partial charge in [-0.2, -0.15) is 0 Å². The topological polar surface area (TPSA) is 120 Å². The maximum atomic E-state index is 13.2. The zero-order valence-electron chi connectivity index (χ0n) is 19.2. The van der Waals surface area contributed by atoms with Gasteiger partial charge in [0.1, 0.15) is 17.5 Å². The molecule has 2 aromatic rings. The number of nitrogens with zero attached hydrogens (tertiary/aromatic N) is 2. The number of nitro benzene ring substituents is 1. The molecule has 2 aromatic carbocycles. The molecule has 2 rings (SSSR count). The number of carbonyl (C=O) groups is 2. The number of likely N-dealkylation sites (N-methyl/N-ethyl adjacent to an activating group) is 1. The second kappa shape index (κ2) is 12.3. The molecule has 1 N–H and O–H groups in total. The van der Waals surface area contributed by atoms with Crippen molar-refractivity contribution in [3.63, 3.8) is 0 Å². The average Bonchev–Trinajstić information content (AvgIpc) is 2.82. The molecule has 0 heterocycles. The first-order valence-corrected chi connectivity index (χ1v) is 10.5. The summed E-state index contributed by atoms with van der Waals surface area (Å²) in [6, 6.07) is 10.5. The fourth-order valence-corrected chi connectivity index (χ4v) is 3.31. The highest BCUT2D eigenvalue weighted by atomic mass is 16.6. The van der Waals surface area contributed by atoms with Crippen LogP contribution in [0.1, 0.15) is 25.8 Å². The molecule has 0 aliphatic heterocycles. The van der Waals surface area contributed by atoms with E-state index in [1.54, 1.807) is 19.2 Å². The number of methoxy groups -OCH3 is 2. The monoisotopic (exact) mass is 459 g/mol. The lowest BCUT2D eigenvalue weighted by molar-refractivity contribution is -0.385. The smallest absolute Gasteiger partial charge is 0.311 e. The third-order valence-corrected chi connectivity index (χ3v) is 4.93. The van der Waals surface area contributed by atoms with Gasteiger partial charge in [-0.3, -0.25) is 19.7 Å². The summed E-state index contributed by atoms with van der Waals surface area (Å²) in [5, 5.41) is 13.8. The summed E-state index contributed by atoms with van der Waals surface area (Å²) in [5.74, 6) is 0.229. The van der Waals surface area contributed by atoms with Gasteiger partial charge in [0.25, 0.3) is 5.91 Å². The molecule has 2 amide bonds. The van der Waals surface area contributed by atoms with Gasteiger partial charge in [0, 0.05) is 25.2 Å². The number of hydrogen-bond acceptors (Lipinski definition) is 7. The van der Waals surface area contributed by atoms with Crippen molar-refractivity contribution in [3.8, 4) is 17.2 Å². The average molecular weight is 459 g/mol. The van der Waals surface area contributed by atoms with Crippen molar-refractivity contribution in [2.45, 2.75) is 32.9 Å². The van der Waals surface area contributed by atoms with Gasteiger partial charge < -0.3 is 24.4 Å². The standard InChI is InChI=1S/C23H29N3O7/c1-5-19(23(28)24-6-2)25(14-16-8-7-9-17(12-16)31-3)22(27)15-33-18-10-11-20(26(29)30)21(13-18)32-4/h7-13,19H,5-6,14-15H2,1-4H3,(H,24,28)/t19-/m1/s1. The second-order valence-corrected chi connectivity index (χ2v) is 7.07. The number of benzene rings is 2. The van der Waals surface area contributed by atoms with Crippen LogP contribution in [0, 0.1) is 10.1 Å². The first-order valence-electron chi connectivity index (χ1n) is 10.5. The van der Waals surface area contributed by atoms with Gasteiger partial charge in [0.15, 0.2) is 6.61 Å². The van der Waals surface area contributed by atoms with Crippen LogP contribution in [0.4, 0.5) is 5.69 Å². The first-order chi connectivity index (χ1) is 15.8. The summed E-state index contributed by atoms with van der Waals surface area (Å²) in [6.45, 7) is 3.90. The summed E-state index contributed by atoms with van der Waals surface area (Å²) in [7, 11) is 2.86. The van der Waals surface area contributed by atoms with Crippen molar-refractivity contribution in [2.75, 3.05) is 27.4 Å². The number of ether oxygens (including phenoxy) is 3. The molecule has 0 aromatic heterocycles. The van der Waals surface area contributed by atoms with Gasteiger partial charge >= 0.3 is 5.69 Å². The van der Waals surface area contributed by atoms with Crippen molar-refractivity contribution >= 4 is 17.5 Å². The van der Waals surface area contributed by atoms with Crippen molar-refractivity contribution in [3.05, 3.63) is 58.1 Å². The van der Waals surface area contributed by atoms with Crippen LogP contribution in [0.15, 0.2) is 42.5 Å². The molecule has 0 saturated heterocycles. The van der Waals surface area contributed by atoms with Crippen molar-refractivity contribution in [1.82, 2.24) is 10.2 Å². The van der Waals surface area contributed by atoms with Crippen LogP contribution in [0.3, 0.4) is 0 Å². The SMILES string of the molecule is CCNC(=O)[C@@H](CC)N(Cc1cccc(OC)c1)C(=O)COc1ccc([N+](=O)[O-])c(OC)c1. The second-order valence-electron chi connectivity index (χ2n) is 7.07. The maximum Gasteiger partial charge on any atom is 0.311 e. The number of nitro groups is 1. The Morgan fingerprint density at radius 2 is 1.85 bits per heavy atom. The minimum Gasteiger partial charge on any atom is -0.497 e. The molecule has 0 spiro atoms. The zero-order valence-corrected chi connectivity index (χ0v) is 19.2. The largest absolute Gasteiger partial charge is 0.497 e. The number of hydrogen-bond donors (Lipinski definition) is 1. The van der Waals surface area contributed by atoms with E-state index in [9.17, 15) is 19.7 Å². The minimum absolute atomic E-state index is 0.0203. The summed E-state index contributed by atoms with van der Waals surface area (Å²) in [5.41, 5.74) is 0.584. The maximum absolute atomic E-state index is 13.2. The van der Waals surface area contributed by atoms with Gasteiger partial charge in [-0.1, -0.05) is 19.1 Å². The molecule has 10 heteroatoms. The highest BCUT2D eigenvalue weighted by molar-refractivity contribution is 5.88. The Balaban J connectivity index is 2.25. The fraction of sp³-hybridized carbons (Fsp3) is 0.391. The van der Waals surface area contributed by atoms with Crippen molar-refractivity contribution < 1.29 is 28.7 Å². The predicted octanol–water partition coefficient (Wildman–Crippen LogP) is 2.93. The lowest BCUT2D eigenvalue weighted by atomic mass is 10.1. The molecule has 178 valence electrons. The normalized spacial score (nSPS) is 11.3. The van der Waals surface area contributed by atoms with E-state index < -0.39 is 16.9 Å². The van der Waals surface area contributed by atoms with Crippen molar-refractivity contribution in [2.24, 2.45) is 0 Å². The molecule has 10 nitrogen and oxygen atoms in total. The Labute approximate surface area is 192 Å². The van der Waals surface area contributed by atoms with Crippen LogP contribution in [-0.2, 0) is 16.1 Å². The highest BCUT2D eigenvalue weighted by Crippen LogP contribution is 2.30. The van der Waals surface area contributed by atoms with Crippen LogP contribution in [0.5, 0.6) is 17.2 Å². The number of nitrogens with one attached hydrogen (secondary N) is 1. The Kier molecular flexibility index (Phi) is 9.46. The Bertz CT molecular complexity index is 980. The van der Waals surface area contributed by atoms with E-state index in [-0.39, 0.29) is 36.2 Å². The molecular weight excluding hydrogens is 430 g/mol. The third-order valence-electron chi connectivity index (χ3n) is 4.93. The van der Waals surface area contributed by atoms with Gasteiger partial charge in [0.05, 0.1) is 19.1 Å². The van der Waals surface area contributed by atoms with Gasteiger partial charge in [-0.15, -0.1) is 0 Å². The van der Waals surface area contributed by atoms with E-state index in [1.165, 1.54) is 30.2 Å². The minimum atomic E-state index is -0.696. The Morgan fingerprint density at radius 1 is 1.09 bits per heavy atom. The molecule has 0 bridgehead atoms. The van der Waals surface area contributed by atoms with E-state index in [1.807, 2.05) is 26.0 Å². The number of carbonyl (C=O) groups excluding carboxylic acids is 2. The third kappa shape index (κ3) is 6.83. The zero-order chi connectivity index (χ0) is 24.4. The van der Waals surface area contributed by atoms with E-state index in [4.69, 9.17) is 14.2 Å². The predicted molar refractivity (Wildman–Crippen MR) is 121 cm³/mol. The Morgan fingerprint density at radius 3 is 2.45 bits per heavy atom. The van der Waals surface area contributed by atoms with Crippen LogP contribution in [0.25, 0.3) is 0 Å². The molecule has 0 aliphatic rings. The van der Waals surface area contributed by atoms with E-state index in [0.29, 0.717) is 18.7 Å². The highest BCUT2D eigenvalue weighted by Gasteiger charge is 2.29. The Hall–Kier alpha value is -3.82. The molecule has 0 saturated carbocycles. The molecule has 0 fully saturated rings. The molecule has 33 heavy (non-hydrogen) atoms. The van der Waals surface area contributed by atoms with Crippen LogP contribution in [-0.4, -0.2) is 55.1 Å². The van der Waals surface area contributed by atoms with Gasteiger partial charge in [-0.25, -0.2) is 0 Å². The van der Waals surface area contributed by atoms with Gasteiger partial charge in [0.2, 0.25) is 11.7 Å². The quantitative estimate of drug-likeness (QED) is 0.383. The summed E-state index contributed by atoms with van der Waals surface area (Å²) >= 11 is 0. The molecule has 0 radical (unpaired) electrons. The lowest BCUT2D eigenvalue weighted by Crippen LogP contribution is -2.50. The van der Waals surface area contributed by atoms with E-state index in [2.05, 4.69) is 5.32 Å². The number of rotatable bonds is 12. The lowest BCUT2D eigenvalue weighted by Gasteiger charge is -2.30. The first kappa shape index (κ1) is 25.4. The van der Waals surface area contributed by atoms with E-state index in [0.717, 1.165) is 5.56 Å². The van der Waals surface area contributed by atoms with Crippen molar-refractivity contribution in [1.29, 1.82) is 0 Å². The molecule has 0 unspecified atom stereocenters. The molecule has 0 aliphatic carbocycles. The summed E-state index contributed by atoms with van der Waals surface area (Å²) in [6.07, 6.45) is 0.410. The summed E-state index contributed by atoms with van der Waals surface area (Å²) in [4.78, 5) is 37.8.